The van der Waals surface area contributed by atoms with E-state index in [0.29, 0.717) is 22.9 Å². The molecule has 31 heavy (non-hydrogen) atoms. The van der Waals surface area contributed by atoms with Gasteiger partial charge in [-0.2, -0.15) is 0 Å². The second-order valence-corrected chi connectivity index (χ2v) is 9.41. The molecule has 8 heteroatoms. The number of anilines is 1. The van der Waals surface area contributed by atoms with E-state index in [0.717, 1.165) is 5.56 Å². The van der Waals surface area contributed by atoms with Crippen LogP contribution in [0.25, 0.3) is 0 Å². The first-order valence-corrected chi connectivity index (χ1v) is 10.6. The SMILES string of the molecule is Cc1c(Cl)cccc1N1CN(C(=O)CN(Cc2ccco2)C(=O)CC(C)(C)C)CC1=O. The van der Waals surface area contributed by atoms with Crippen LogP contribution in [0.3, 0.4) is 0 Å². The molecular formula is C23H28ClN3O4. The third-order valence-electron chi connectivity index (χ3n) is 5.11. The molecule has 0 unspecified atom stereocenters. The van der Waals surface area contributed by atoms with Gasteiger partial charge in [0, 0.05) is 17.1 Å². The molecule has 0 radical (unpaired) electrons. The first kappa shape index (κ1) is 22.9. The summed E-state index contributed by atoms with van der Waals surface area (Å²) in [7, 11) is 0. The number of rotatable bonds is 6. The van der Waals surface area contributed by atoms with E-state index in [4.69, 9.17) is 16.0 Å². The fourth-order valence-corrected chi connectivity index (χ4v) is 3.64. The third kappa shape index (κ3) is 5.67. The average molecular weight is 446 g/mol. The van der Waals surface area contributed by atoms with E-state index in [2.05, 4.69) is 0 Å². The largest absolute Gasteiger partial charge is 0.467 e. The predicted octanol–water partition coefficient (Wildman–Crippen LogP) is 3.84. The highest BCUT2D eigenvalue weighted by Crippen LogP contribution is 2.29. The molecule has 166 valence electrons. The molecular weight excluding hydrogens is 418 g/mol. The van der Waals surface area contributed by atoms with Gasteiger partial charge in [0.25, 0.3) is 0 Å². The topological polar surface area (TPSA) is 74.1 Å². The monoisotopic (exact) mass is 445 g/mol. The van der Waals surface area contributed by atoms with E-state index in [1.165, 1.54) is 16.1 Å². The van der Waals surface area contributed by atoms with Gasteiger partial charge in [-0.3, -0.25) is 19.3 Å². The molecule has 0 bridgehead atoms. The van der Waals surface area contributed by atoms with Crippen LogP contribution in [0.15, 0.2) is 41.0 Å². The van der Waals surface area contributed by atoms with E-state index in [9.17, 15) is 14.4 Å². The molecule has 1 saturated heterocycles. The van der Waals surface area contributed by atoms with Crippen molar-refractivity contribution in [3.05, 3.63) is 52.9 Å². The van der Waals surface area contributed by atoms with Crippen molar-refractivity contribution in [3.8, 4) is 0 Å². The molecule has 0 aliphatic carbocycles. The quantitative estimate of drug-likeness (QED) is 0.677. The number of amides is 3. The summed E-state index contributed by atoms with van der Waals surface area (Å²) in [6.45, 7) is 7.93. The molecule has 2 heterocycles. The summed E-state index contributed by atoms with van der Waals surface area (Å²) in [4.78, 5) is 43.0. The van der Waals surface area contributed by atoms with Crippen molar-refractivity contribution >= 4 is 35.0 Å². The summed E-state index contributed by atoms with van der Waals surface area (Å²) < 4.78 is 5.37. The lowest BCUT2D eigenvalue weighted by Crippen LogP contribution is -2.43. The van der Waals surface area contributed by atoms with Gasteiger partial charge in [0.15, 0.2) is 0 Å². The van der Waals surface area contributed by atoms with Gasteiger partial charge in [0.1, 0.15) is 25.5 Å². The maximum absolute atomic E-state index is 13.0. The van der Waals surface area contributed by atoms with Crippen LogP contribution in [0.5, 0.6) is 0 Å². The fourth-order valence-electron chi connectivity index (χ4n) is 3.47. The molecule has 7 nitrogen and oxygen atoms in total. The van der Waals surface area contributed by atoms with Gasteiger partial charge in [-0.15, -0.1) is 0 Å². The predicted molar refractivity (Wildman–Crippen MR) is 118 cm³/mol. The van der Waals surface area contributed by atoms with Crippen LogP contribution in [0.2, 0.25) is 5.02 Å². The van der Waals surface area contributed by atoms with E-state index in [1.54, 1.807) is 29.2 Å². The highest BCUT2D eigenvalue weighted by molar-refractivity contribution is 6.31. The number of furan rings is 1. The summed E-state index contributed by atoms with van der Waals surface area (Å²) in [5.74, 6) is -0.00397. The Labute approximate surface area is 187 Å². The van der Waals surface area contributed by atoms with Crippen molar-refractivity contribution in [3.63, 3.8) is 0 Å². The Morgan fingerprint density at radius 1 is 1.19 bits per heavy atom. The second-order valence-electron chi connectivity index (χ2n) is 9.01. The van der Waals surface area contributed by atoms with Crippen LogP contribution in [0, 0.1) is 12.3 Å². The first-order valence-electron chi connectivity index (χ1n) is 10.2. The van der Waals surface area contributed by atoms with E-state index >= 15 is 0 Å². The Morgan fingerprint density at radius 2 is 1.94 bits per heavy atom. The second kappa shape index (κ2) is 9.14. The third-order valence-corrected chi connectivity index (χ3v) is 5.52. The zero-order chi connectivity index (χ0) is 22.8. The number of hydrogen-bond donors (Lipinski definition) is 0. The van der Waals surface area contributed by atoms with Crippen molar-refractivity contribution in [2.24, 2.45) is 5.41 Å². The Morgan fingerprint density at radius 3 is 2.58 bits per heavy atom. The summed E-state index contributed by atoms with van der Waals surface area (Å²) in [5, 5.41) is 0.562. The minimum Gasteiger partial charge on any atom is -0.467 e. The Hall–Kier alpha value is -2.80. The van der Waals surface area contributed by atoms with Gasteiger partial charge in [0.2, 0.25) is 17.7 Å². The fraction of sp³-hybridized carbons (Fsp3) is 0.435. The zero-order valence-electron chi connectivity index (χ0n) is 18.4. The normalized spacial score (nSPS) is 14.3. The summed E-state index contributed by atoms with van der Waals surface area (Å²) in [6.07, 6.45) is 1.83. The van der Waals surface area contributed by atoms with E-state index in [1.807, 2.05) is 33.8 Å². The molecule has 2 aromatic rings. The van der Waals surface area contributed by atoms with Gasteiger partial charge in [-0.1, -0.05) is 38.4 Å². The highest BCUT2D eigenvalue weighted by atomic mass is 35.5. The van der Waals surface area contributed by atoms with Crippen molar-refractivity contribution < 1.29 is 18.8 Å². The smallest absolute Gasteiger partial charge is 0.248 e. The number of halogens is 1. The summed E-state index contributed by atoms with van der Waals surface area (Å²) >= 11 is 6.19. The molecule has 1 aliphatic rings. The van der Waals surface area contributed by atoms with Gasteiger partial charge in [-0.05, 0) is 42.2 Å². The minimum absolute atomic E-state index is 0.0349. The molecule has 0 atom stereocenters. The van der Waals surface area contributed by atoms with Crippen molar-refractivity contribution in [1.82, 2.24) is 9.80 Å². The zero-order valence-corrected chi connectivity index (χ0v) is 19.1. The maximum atomic E-state index is 13.0. The maximum Gasteiger partial charge on any atom is 0.248 e. The van der Waals surface area contributed by atoms with E-state index in [-0.39, 0.29) is 49.4 Å². The standard InChI is InChI=1S/C23H28ClN3O4/c1-16-18(24)8-5-9-19(16)27-15-26(14-22(27)30)21(29)13-25(12-17-7-6-10-31-17)20(28)11-23(2,3)4/h5-10H,11-15H2,1-4H3. The first-order chi connectivity index (χ1) is 14.5. The van der Waals surface area contributed by atoms with Gasteiger partial charge in [-0.25, -0.2) is 0 Å². The molecule has 0 N–H and O–H groups in total. The lowest BCUT2D eigenvalue weighted by Gasteiger charge is -2.27. The Kier molecular flexibility index (Phi) is 6.74. The molecule has 1 fully saturated rings. The highest BCUT2D eigenvalue weighted by Gasteiger charge is 2.34. The van der Waals surface area contributed by atoms with Crippen molar-refractivity contribution in [2.45, 2.75) is 40.7 Å². The molecule has 3 amide bonds. The molecule has 1 aromatic carbocycles. The van der Waals surface area contributed by atoms with Gasteiger partial charge in [0.05, 0.1) is 12.8 Å². The van der Waals surface area contributed by atoms with Crippen LogP contribution >= 0.6 is 11.6 Å². The number of carbonyl (C=O) groups excluding carboxylic acids is 3. The minimum atomic E-state index is -0.288. The summed E-state index contributed by atoms with van der Waals surface area (Å²) in [5.41, 5.74) is 1.25. The van der Waals surface area contributed by atoms with Gasteiger partial charge < -0.3 is 14.2 Å². The van der Waals surface area contributed by atoms with Crippen molar-refractivity contribution in [2.75, 3.05) is 24.7 Å². The molecule has 0 spiro atoms. The Bertz CT molecular complexity index is 966. The van der Waals surface area contributed by atoms with E-state index < -0.39 is 0 Å². The Balaban J connectivity index is 1.73. The van der Waals surface area contributed by atoms with Crippen LogP contribution < -0.4 is 4.90 Å². The average Bonchev–Trinajstić information content (AvgIpc) is 3.32. The summed E-state index contributed by atoms with van der Waals surface area (Å²) in [6, 6.07) is 8.86. The lowest BCUT2D eigenvalue weighted by molar-refractivity contribution is -0.142. The van der Waals surface area contributed by atoms with Crippen LogP contribution in [-0.4, -0.2) is 47.3 Å². The number of benzene rings is 1. The number of hydrogen-bond acceptors (Lipinski definition) is 4. The molecule has 1 aromatic heterocycles. The van der Waals surface area contributed by atoms with Crippen LogP contribution in [-0.2, 0) is 20.9 Å². The van der Waals surface area contributed by atoms with Crippen molar-refractivity contribution in [1.29, 1.82) is 0 Å². The molecule has 3 rings (SSSR count). The van der Waals surface area contributed by atoms with Crippen LogP contribution in [0.4, 0.5) is 5.69 Å². The molecule has 1 aliphatic heterocycles. The molecule has 0 saturated carbocycles. The number of carbonyl (C=O) groups is 3. The van der Waals surface area contributed by atoms with Gasteiger partial charge >= 0.3 is 0 Å². The number of nitrogens with zero attached hydrogens (tertiary/aromatic N) is 3. The van der Waals surface area contributed by atoms with Crippen LogP contribution in [0.1, 0.15) is 38.5 Å². The lowest BCUT2D eigenvalue weighted by atomic mass is 9.91.